The second-order valence-corrected chi connectivity index (χ2v) is 3.91. The van der Waals surface area contributed by atoms with Gasteiger partial charge in [-0.1, -0.05) is 27.7 Å². The maximum absolute atomic E-state index is 9.41. The molecule has 1 rings (SSSR count). The van der Waals surface area contributed by atoms with Crippen molar-refractivity contribution in [3.8, 4) is 0 Å². The van der Waals surface area contributed by atoms with Gasteiger partial charge in [-0.25, -0.2) is 0 Å². The fourth-order valence-electron chi connectivity index (χ4n) is 1.78. The molecule has 9 heavy (non-hydrogen) atoms. The summed E-state index contributed by atoms with van der Waals surface area (Å²) in [4.78, 5) is 0. The average molecular weight is 128 g/mol. The van der Waals surface area contributed by atoms with E-state index in [1.165, 1.54) is 0 Å². The fraction of sp³-hybridized carbons (Fsp3) is 1.00. The third-order valence-corrected chi connectivity index (χ3v) is 3.22. The van der Waals surface area contributed by atoms with Crippen LogP contribution in [0, 0.1) is 17.3 Å². The van der Waals surface area contributed by atoms with Crippen LogP contribution in [0.2, 0.25) is 0 Å². The van der Waals surface area contributed by atoms with Crippen LogP contribution < -0.4 is 0 Å². The summed E-state index contributed by atoms with van der Waals surface area (Å²) in [6.45, 7) is 8.57. The minimum absolute atomic E-state index is 0.0764. The predicted molar refractivity (Wildman–Crippen MR) is 38.1 cm³/mol. The van der Waals surface area contributed by atoms with E-state index in [1.807, 2.05) is 0 Å². The summed E-state index contributed by atoms with van der Waals surface area (Å²) in [5.41, 5.74) is 0.166. The molecule has 0 aromatic carbocycles. The van der Waals surface area contributed by atoms with Gasteiger partial charge in [-0.2, -0.15) is 0 Å². The largest absolute Gasteiger partial charge is 0.392 e. The molecule has 0 bridgehead atoms. The van der Waals surface area contributed by atoms with Crippen molar-refractivity contribution in [1.29, 1.82) is 0 Å². The zero-order valence-electron chi connectivity index (χ0n) is 6.68. The molecule has 0 aromatic heterocycles. The summed E-state index contributed by atoms with van der Waals surface area (Å²) < 4.78 is 0. The molecule has 1 aliphatic carbocycles. The zero-order valence-corrected chi connectivity index (χ0v) is 6.68. The molecule has 1 saturated carbocycles. The van der Waals surface area contributed by atoms with Gasteiger partial charge in [0, 0.05) is 0 Å². The predicted octanol–water partition coefficient (Wildman–Crippen LogP) is 1.66. The van der Waals surface area contributed by atoms with Crippen LogP contribution in [-0.4, -0.2) is 11.2 Å². The summed E-state index contributed by atoms with van der Waals surface area (Å²) >= 11 is 0. The molecule has 0 aliphatic heterocycles. The molecule has 0 amide bonds. The van der Waals surface area contributed by atoms with Crippen LogP contribution in [-0.2, 0) is 0 Å². The molecule has 0 radical (unpaired) electrons. The van der Waals surface area contributed by atoms with Crippen molar-refractivity contribution in [2.45, 2.75) is 33.8 Å². The van der Waals surface area contributed by atoms with Crippen LogP contribution in [0.1, 0.15) is 27.7 Å². The Hall–Kier alpha value is -0.0400. The standard InChI is InChI=1S/C8H16O/c1-5-6(2)8(3,4)7(5)9/h5-7,9H,1-4H3. The zero-order chi connectivity index (χ0) is 7.23. The Morgan fingerprint density at radius 1 is 1.22 bits per heavy atom. The molecule has 1 nitrogen and oxygen atoms in total. The van der Waals surface area contributed by atoms with Crippen molar-refractivity contribution >= 4 is 0 Å². The van der Waals surface area contributed by atoms with E-state index in [0.29, 0.717) is 11.8 Å². The molecule has 1 heteroatoms. The first-order valence-electron chi connectivity index (χ1n) is 3.66. The molecular weight excluding hydrogens is 112 g/mol. The normalized spacial score (nSPS) is 48.3. The molecular formula is C8H16O. The summed E-state index contributed by atoms with van der Waals surface area (Å²) in [6, 6.07) is 0. The molecule has 0 spiro atoms. The first kappa shape index (κ1) is 7.07. The number of rotatable bonds is 0. The van der Waals surface area contributed by atoms with Gasteiger partial charge < -0.3 is 5.11 Å². The highest BCUT2D eigenvalue weighted by Gasteiger charge is 2.50. The van der Waals surface area contributed by atoms with Gasteiger partial charge in [0.05, 0.1) is 6.10 Å². The van der Waals surface area contributed by atoms with Crippen molar-refractivity contribution in [1.82, 2.24) is 0 Å². The van der Waals surface area contributed by atoms with Gasteiger partial charge in [-0.15, -0.1) is 0 Å². The third kappa shape index (κ3) is 0.710. The van der Waals surface area contributed by atoms with Gasteiger partial charge in [-0.3, -0.25) is 0 Å². The van der Waals surface area contributed by atoms with Crippen molar-refractivity contribution in [3.63, 3.8) is 0 Å². The summed E-state index contributed by atoms with van der Waals surface area (Å²) in [7, 11) is 0. The van der Waals surface area contributed by atoms with Gasteiger partial charge in [0.15, 0.2) is 0 Å². The molecule has 54 valence electrons. The molecule has 0 aromatic rings. The molecule has 0 saturated heterocycles. The Kier molecular flexibility index (Phi) is 1.35. The van der Waals surface area contributed by atoms with Gasteiger partial charge in [0.2, 0.25) is 0 Å². The van der Waals surface area contributed by atoms with Gasteiger partial charge in [0.1, 0.15) is 0 Å². The monoisotopic (exact) mass is 128 g/mol. The fourth-order valence-corrected chi connectivity index (χ4v) is 1.78. The summed E-state index contributed by atoms with van der Waals surface area (Å²) in [5.74, 6) is 1.17. The summed E-state index contributed by atoms with van der Waals surface area (Å²) in [5, 5.41) is 9.41. The van der Waals surface area contributed by atoms with Crippen molar-refractivity contribution < 1.29 is 5.11 Å². The van der Waals surface area contributed by atoms with Gasteiger partial charge >= 0.3 is 0 Å². The lowest BCUT2D eigenvalue weighted by atomic mass is 9.55. The summed E-state index contributed by atoms with van der Waals surface area (Å²) in [6.07, 6.45) is -0.0764. The second kappa shape index (κ2) is 1.72. The second-order valence-electron chi connectivity index (χ2n) is 3.91. The quantitative estimate of drug-likeness (QED) is 0.526. The van der Waals surface area contributed by atoms with E-state index >= 15 is 0 Å². The van der Waals surface area contributed by atoms with Crippen LogP contribution in [0.5, 0.6) is 0 Å². The van der Waals surface area contributed by atoms with Crippen molar-refractivity contribution in [2.75, 3.05) is 0 Å². The molecule has 0 heterocycles. The molecule has 3 unspecified atom stereocenters. The smallest absolute Gasteiger partial charge is 0.0622 e. The number of aliphatic hydroxyl groups is 1. The van der Waals surface area contributed by atoms with Crippen LogP contribution in [0.25, 0.3) is 0 Å². The first-order chi connectivity index (χ1) is 3.98. The average Bonchev–Trinajstić information content (AvgIpc) is 1.84. The Morgan fingerprint density at radius 2 is 1.67 bits per heavy atom. The third-order valence-electron chi connectivity index (χ3n) is 3.22. The number of aliphatic hydroxyl groups excluding tert-OH is 1. The maximum Gasteiger partial charge on any atom is 0.0622 e. The Morgan fingerprint density at radius 3 is 1.78 bits per heavy atom. The first-order valence-corrected chi connectivity index (χ1v) is 3.66. The van der Waals surface area contributed by atoms with Crippen LogP contribution >= 0.6 is 0 Å². The van der Waals surface area contributed by atoms with Crippen molar-refractivity contribution in [3.05, 3.63) is 0 Å². The highest BCUT2D eigenvalue weighted by atomic mass is 16.3. The molecule has 1 fully saturated rings. The Labute approximate surface area is 57.1 Å². The highest BCUT2D eigenvalue weighted by molar-refractivity contribution is 4.99. The van der Waals surface area contributed by atoms with E-state index in [0.717, 1.165) is 0 Å². The van der Waals surface area contributed by atoms with E-state index < -0.39 is 0 Å². The van der Waals surface area contributed by atoms with Crippen LogP contribution in [0.4, 0.5) is 0 Å². The molecule has 3 atom stereocenters. The SMILES string of the molecule is CC1C(C)C(C)(C)C1O. The minimum atomic E-state index is -0.0764. The highest BCUT2D eigenvalue weighted by Crippen LogP contribution is 2.49. The van der Waals surface area contributed by atoms with E-state index in [-0.39, 0.29) is 11.5 Å². The van der Waals surface area contributed by atoms with E-state index in [4.69, 9.17) is 0 Å². The van der Waals surface area contributed by atoms with E-state index in [2.05, 4.69) is 27.7 Å². The van der Waals surface area contributed by atoms with Crippen LogP contribution in [0.15, 0.2) is 0 Å². The van der Waals surface area contributed by atoms with Gasteiger partial charge in [-0.05, 0) is 17.3 Å². The Balaban J connectivity index is 2.62. The number of hydrogen-bond acceptors (Lipinski definition) is 1. The Bertz CT molecular complexity index is 106. The lowest BCUT2D eigenvalue weighted by Crippen LogP contribution is -2.55. The van der Waals surface area contributed by atoms with Crippen molar-refractivity contribution in [2.24, 2.45) is 17.3 Å². The maximum atomic E-state index is 9.41. The van der Waals surface area contributed by atoms with E-state index in [1.54, 1.807) is 0 Å². The lowest BCUT2D eigenvalue weighted by molar-refractivity contribution is -0.144. The number of hydrogen-bond donors (Lipinski definition) is 1. The molecule has 1 aliphatic rings. The van der Waals surface area contributed by atoms with Crippen LogP contribution in [0.3, 0.4) is 0 Å². The van der Waals surface area contributed by atoms with Gasteiger partial charge in [0.25, 0.3) is 0 Å². The molecule has 1 N–H and O–H groups in total. The topological polar surface area (TPSA) is 20.2 Å². The van der Waals surface area contributed by atoms with E-state index in [9.17, 15) is 5.11 Å². The lowest BCUT2D eigenvalue weighted by Gasteiger charge is -2.53. The minimum Gasteiger partial charge on any atom is -0.392 e.